The summed E-state index contributed by atoms with van der Waals surface area (Å²) >= 11 is 5.98. The van der Waals surface area contributed by atoms with Gasteiger partial charge in [0, 0.05) is 23.0 Å². The van der Waals surface area contributed by atoms with Crippen molar-refractivity contribution < 1.29 is 0 Å². The van der Waals surface area contributed by atoms with Crippen LogP contribution >= 0.6 is 11.6 Å². The van der Waals surface area contributed by atoms with Crippen molar-refractivity contribution in [3.63, 3.8) is 0 Å². The summed E-state index contributed by atoms with van der Waals surface area (Å²) in [5.74, 6) is 1.59. The van der Waals surface area contributed by atoms with Gasteiger partial charge in [0.15, 0.2) is 0 Å². The summed E-state index contributed by atoms with van der Waals surface area (Å²) in [6.45, 7) is 2.10. The zero-order valence-electron chi connectivity index (χ0n) is 9.41. The van der Waals surface area contributed by atoms with Crippen molar-refractivity contribution in [2.75, 3.05) is 13.1 Å². The van der Waals surface area contributed by atoms with Gasteiger partial charge in [-0.05, 0) is 25.1 Å². The first-order chi connectivity index (χ1) is 8.33. The van der Waals surface area contributed by atoms with Gasteiger partial charge in [-0.25, -0.2) is 4.98 Å². The molecule has 0 spiro atoms. The van der Waals surface area contributed by atoms with Gasteiger partial charge in [0.05, 0.1) is 11.9 Å². The maximum atomic E-state index is 5.98. The van der Waals surface area contributed by atoms with E-state index < -0.39 is 0 Å². The molecule has 0 aliphatic carbocycles. The molecule has 0 radical (unpaired) electrons. The molecule has 0 bridgehead atoms. The van der Waals surface area contributed by atoms with Gasteiger partial charge in [0.25, 0.3) is 0 Å². The van der Waals surface area contributed by atoms with Crippen LogP contribution in [0.15, 0.2) is 30.5 Å². The fourth-order valence-electron chi connectivity index (χ4n) is 2.23. The second kappa shape index (κ2) is 4.51. The maximum Gasteiger partial charge on any atom is 0.110 e. The van der Waals surface area contributed by atoms with Crippen LogP contribution in [-0.2, 0) is 0 Å². The molecule has 0 saturated carbocycles. The second-order valence-electron chi connectivity index (χ2n) is 4.38. The van der Waals surface area contributed by atoms with Gasteiger partial charge < -0.3 is 10.3 Å². The van der Waals surface area contributed by atoms with Gasteiger partial charge in [-0.2, -0.15) is 0 Å². The molecule has 1 atom stereocenters. The Bertz CT molecular complexity index is 515. The van der Waals surface area contributed by atoms with Gasteiger partial charge >= 0.3 is 0 Å². The monoisotopic (exact) mass is 247 g/mol. The van der Waals surface area contributed by atoms with Crippen LogP contribution in [0.4, 0.5) is 0 Å². The topological polar surface area (TPSA) is 40.7 Å². The van der Waals surface area contributed by atoms with E-state index in [-0.39, 0.29) is 0 Å². The van der Waals surface area contributed by atoms with Crippen molar-refractivity contribution in [3.8, 4) is 11.3 Å². The highest BCUT2D eigenvalue weighted by molar-refractivity contribution is 6.30. The summed E-state index contributed by atoms with van der Waals surface area (Å²) in [4.78, 5) is 7.85. The molecule has 1 aliphatic heterocycles. The first-order valence-electron chi connectivity index (χ1n) is 5.84. The molecule has 2 heterocycles. The SMILES string of the molecule is Clc1cccc(-c2cnc(C3CCNC3)[nH]2)c1. The summed E-state index contributed by atoms with van der Waals surface area (Å²) < 4.78 is 0. The molecule has 88 valence electrons. The minimum atomic E-state index is 0.517. The molecule has 1 saturated heterocycles. The van der Waals surface area contributed by atoms with E-state index >= 15 is 0 Å². The molecule has 2 aromatic rings. The number of nitrogens with one attached hydrogen (secondary N) is 2. The Balaban J connectivity index is 1.89. The van der Waals surface area contributed by atoms with Crippen molar-refractivity contribution in [3.05, 3.63) is 41.3 Å². The number of benzene rings is 1. The Labute approximate surface area is 105 Å². The quantitative estimate of drug-likeness (QED) is 0.857. The summed E-state index contributed by atoms with van der Waals surface area (Å²) in [7, 11) is 0. The zero-order chi connectivity index (χ0) is 11.7. The minimum Gasteiger partial charge on any atom is -0.342 e. The van der Waals surface area contributed by atoms with Crippen LogP contribution in [0.1, 0.15) is 18.2 Å². The van der Waals surface area contributed by atoms with Crippen molar-refractivity contribution in [1.82, 2.24) is 15.3 Å². The van der Waals surface area contributed by atoms with Crippen LogP contribution in [0, 0.1) is 0 Å². The van der Waals surface area contributed by atoms with Crippen LogP contribution < -0.4 is 5.32 Å². The lowest BCUT2D eigenvalue weighted by Crippen LogP contribution is -2.08. The summed E-state index contributed by atoms with van der Waals surface area (Å²) in [5, 5.41) is 4.10. The first-order valence-corrected chi connectivity index (χ1v) is 6.22. The molecule has 1 fully saturated rings. The van der Waals surface area contributed by atoms with Crippen LogP contribution in [0.2, 0.25) is 5.02 Å². The third-order valence-corrected chi connectivity index (χ3v) is 3.41. The highest BCUT2D eigenvalue weighted by atomic mass is 35.5. The molecular weight excluding hydrogens is 234 g/mol. The summed E-state index contributed by atoms with van der Waals surface area (Å²) in [6.07, 6.45) is 3.04. The normalized spacial score (nSPS) is 19.7. The van der Waals surface area contributed by atoms with E-state index in [9.17, 15) is 0 Å². The molecule has 4 heteroatoms. The number of nitrogens with zero attached hydrogens (tertiary/aromatic N) is 1. The number of hydrogen-bond acceptors (Lipinski definition) is 2. The lowest BCUT2D eigenvalue weighted by atomic mass is 10.1. The predicted octanol–water partition coefficient (Wildman–Crippen LogP) is 2.81. The molecule has 1 aliphatic rings. The first kappa shape index (κ1) is 10.8. The number of imidazole rings is 1. The number of halogens is 1. The van der Waals surface area contributed by atoms with E-state index in [4.69, 9.17) is 11.6 Å². The number of H-pyrrole nitrogens is 1. The molecule has 3 rings (SSSR count). The van der Waals surface area contributed by atoms with E-state index in [1.807, 2.05) is 30.5 Å². The minimum absolute atomic E-state index is 0.517. The fraction of sp³-hybridized carbons (Fsp3) is 0.308. The molecule has 2 N–H and O–H groups in total. The van der Waals surface area contributed by atoms with Gasteiger partial charge in [0.2, 0.25) is 0 Å². The maximum absolute atomic E-state index is 5.98. The largest absolute Gasteiger partial charge is 0.342 e. The third-order valence-electron chi connectivity index (χ3n) is 3.18. The highest BCUT2D eigenvalue weighted by Crippen LogP contribution is 2.25. The molecular formula is C13H14ClN3. The van der Waals surface area contributed by atoms with E-state index in [0.717, 1.165) is 41.6 Å². The van der Waals surface area contributed by atoms with Crippen molar-refractivity contribution in [1.29, 1.82) is 0 Å². The van der Waals surface area contributed by atoms with Crippen LogP contribution in [0.3, 0.4) is 0 Å². The predicted molar refractivity (Wildman–Crippen MR) is 69.3 cm³/mol. The summed E-state index contributed by atoms with van der Waals surface area (Å²) in [5.41, 5.74) is 2.12. The van der Waals surface area contributed by atoms with Gasteiger partial charge in [-0.1, -0.05) is 23.7 Å². The van der Waals surface area contributed by atoms with Crippen molar-refractivity contribution in [2.45, 2.75) is 12.3 Å². The van der Waals surface area contributed by atoms with Crippen LogP contribution in [0.25, 0.3) is 11.3 Å². The van der Waals surface area contributed by atoms with Gasteiger partial charge in [0.1, 0.15) is 5.82 Å². The average molecular weight is 248 g/mol. The average Bonchev–Trinajstić information content (AvgIpc) is 3.00. The summed E-state index contributed by atoms with van der Waals surface area (Å²) in [6, 6.07) is 7.82. The standard InChI is InChI=1S/C13H14ClN3/c14-11-3-1-2-9(6-11)12-8-16-13(17-12)10-4-5-15-7-10/h1-3,6,8,10,15H,4-5,7H2,(H,16,17). The number of hydrogen-bond donors (Lipinski definition) is 2. The number of aromatic amines is 1. The van der Waals surface area contributed by atoms with E-state index in [1.54, 1.807) is 0 Å². The van der Waals surface area contributed by atoms with Crippen molar-refractivity contribution >= 4 is 11.6 Å². The Morgan fingerprint density at radius 1 is 1.35 bits per heavy atom. The van der Waals surface area contributed by atoms with Crippen LogP contribution in [0.5, 0.6) is 0 Å². The molecule has 0 amide bonds. The van der Waals surface area contributed by atoms with E-state index in [2.05, 4.69) is 15.3 Å². The van der Waals surface area contributed by atoms with Gasteiger partial charge in [-0.3, -0.25) is 0 Å². The van der Waals surface area contributed by atoms with E-state index in [1.165, 1.54) is 0 Å². The Kier molecular flexibility index (Phi) is 2.87. The number of rotatable bonds is 2. The highest BCUT2D eigenvalue weighted by Gasteiger charge is 2.19. The Morgan fingerprint density at radius 2 is 2.29 bits per heavy atom. The van der Waals surface area contributed by atoms with E-state index in [0.29, 0.717) is 5.92 Å². The lowest BCUT2D eigenvalue weighted by Gasteiger charge is -2.03. The smallest absolute Gasteiger partial charge is 0.110 e. The molecule has 17 heavy (non-hydrogen) atoms. The fourth-order valence-corrected chi connectivity index (χ4v) is 2.43. The number of aromatic nitrogens is 2. The molecule has 3 nitrogen and oxygen atoms in total. The molecule has 1 aromatic carbocycles. The Hall–Kier alpha value is -1.32. The molecule has 1 unspecified atom stereocenters. The molecule has 1 aromatic heterocycles. The van der Waals surface area contributed by atoms with Crippen LogP contribution in [-0.4, -0.2) is 23.1 Å². The second-order valence-corrected chi connectivity index (χ2v) is 4.82. The third kappa shape index (κ3) is 2.21. The lowest BCUT2D eigenvalue weighted by molar-refractivity contribution is 0.715. The Morgan fingerprint density at radius 3 is 3.06 bits per heavy atom. The zero-order valence-corrected chi connectivity index (χ0v) is 10.2. The van der Waals surface area contributed by atoms with Gasteiger partial charge in [-0.15, -0.1) is 0 Å². The van der Waals surface area contributed by atoms with Crippen molar-refractivity contribution in [2.24, 2.45) is 0 Å².